The third kappa shape index (κ3) is 2.38. The molecule has 0 fully saturated rings. The fourth-order valence-electron chi connectivity index (χ4n) is 1.21. The molecule has 1 aromatic heterocycles. The maximum absolute atomic E-state index is 13.0. The predicted octanol–water partition coefficient (Wildman–Crippen LogP) is 2.59. The second kappa shape index (κ2) is 4.32. The highest BCUT2D eigenvalue weighted by Crippen LogP contribution is 2.23. The van der Waals surface area contributed by atoms with Crippen LogP contribution in [0, 0.1) is 5.82 Å². The van der Waals surface area contributed by atoms with Gasteiger partial charge in [0.15, 0.2) is 5.82 Å². The minimum absolute atomic E-state index is 0.301. The molecule has 0 bridgehead atoms. The molecule has 0 amide bonds. The van der Waals surface area contributed by atoms with Crippen molar-refractivity contribution in [2.45, 2.75) is 0 Å². The van der Waals surface area contributed by atoms with Crippen LogP contribution in [0.25, 0.3) is 0 Å². The van der Waals surface area contributed by atoms with Gasteiger partial charge in [-0.1, -0.05) is 11.6 Å². The summed E-state index contributed by atoms with van der Waals surface area (Å²) < 4.78 is 13.0. The Bertz CT molecular complexity index is 498. The first-order chi connectivity index (χ1) is 7.65. The lowest BCUT2D eigenvalue weighted by molar-refractivity contribution is 0.628. The lowest BCUT2D eigenvalue weighted by Gasteiger charge is -2.07. The van der Waals surface area contributed by atoms with Gasteiger partial charge in [0.2, 0.25) is 0 Å². The third-order valence-corrected chi connectivity index (χ3v) is 2.08. The van der Waals surface area contributed by atoms with E-state index in [2.05, 4.69) is 15.3 Å². The molecule has 82 valence electrons. The molecule has 0 saturated carbocycles. The van der Waals surface area contributed by atoms with Crippen LogP contribution in [0.4, 0.5) is 21.6 Å². The minimum atomic E-state index is -0.428. The van der Waals surface area contributed by atoms with E-state index < -0.39 is 5.82 Å². The predicted molar refractivity (Wildman–Crippen MR) is 61.1 cm³/mol. The van der Waals surface area contributed by atoms with Crippen LogP contribution in [0.2, 0.25) is 5.02 Å². The van der Waals surface area contributed by atoms with Gasteiger partial charge >= 0.3 is 0 Å². The summed E-state index contributed by atoms with van der Waals surface area (Å²) in [4.78, 5) is 7.67. The van der Waals surface area contributed by atoms with E-state index in [-0.39, 0.29) is 0 Å². The summed E-state index contributed by atoms with van der Waals surface area (Å²) in [5.74, 6) is -0.0145. The highest BCUT2D eigenvalue weighted by molar-refractivity contribution is 6.30. The number of nitrogens with zero attached hydrogens (tertiary/aromatic N) is 2. The molecule has 0 radical (unpaired) electrons. The first-order valence-corrected chi connectivity index (χ1v) is 4.81. The second-order valence-corrected chi connectivity index (χ2v) is 3.55. The summed E-state index contributed by atoms with van der Waals surface area (Å²) >= 11 is 5.71. The van der Waals surface area contributed by atoms with Crippen LogP contribution in [0.15, 0.2) is 30.7 Å². The summed E-state index contributed by atoms with van der Waals surface area (Å²) in [5.41, 5.74) is 6.49. The number of aromatic nitrogens is 2. The molecule has 0 aliphatic heterocycles. The molecule has 2 aromatic rings. The third-order valence-electron chi connectivity index (χ3n) is 1.87. The molecule has 3 N–H and O–H groups in total. The van der Waals surface area contributed by atoms with E-state index >= 15 is 0 Å². The maximum Gasteiger partial charge on any atom is 0.157 e. The molecule has 0 unspecified atom stereocenters. The van der Waals surface area contributed by atoms with E-state index in [1.165, 1.54) is 24.7 Å². The van der Waals surface area contributed by atoms with Gasteiger partial charge in [0.25, 0.3) is 0 Å². The van der Waals surface area contributed by atoms with E-state index in [1.54, 1.807) is 6.07 Å². The standard InChI is InChI=1S/C10H8ClFN4/c11-6-1-7(12)3-8(2-6)16-10-9(13)4-14-5-15-10/h1-5H,13H2,(H,14,15,16). The van der Waals surface area contributed by atoms with E-state index in [9.17, 15) is 4.39 Å². The summed E-state index contributed by atoms with van der Waals surface area (Å²) in [6.45, 7) is 0. The van der Waals surface area contributed by atoms with Gasteiger partial charge in [-0.3, -0.25) is 0 Å². The summed E-state index contributed by atoms with van der Waals surface area (Å²) in [6, 6.07) is 4.09. The van der Waals surface area contributed by atoms with E-state index in [1.807, 2.05) is 0 Å². The Balaban J connectivity index is 2.30. The number of benzene rings is 1. The highest BCUT2D eigenvalue weighted by atomic mass is 35.5. The molecule has 6 heteroatoms. The van der Waals surface area contributed by atoms with Crippen LogP contribution in [0.5, 0.6) is 0 Å². The summed E-state index contributed by atoms with van der Waals surface area (Å²) in [6.07, 6.45) is 2.80. The van der Waals surface area contributed by atoms with Crippen molar-refractivity contribution in [3.05, 3.63) is 41.6 Å². The number of nitrogen functional groups attached to an aromatic ring is 1. The number of hydrogen-bond donors (Lipinski definition) is 2. The van der Waals surface area contributed by atoms with Crippen molar-refractivity contribution in [3.8, 4) is 0 Å². The number of nitrogens with two attached hydrogens (primary N) is 1. The van der Waals surface area contributed by atoms with Crippen molar-refractivity contribution < 1.29 is 4.39 Å². The Morgan fingerprint density at radius 2 is 2.12 bits per heavy atom. The summed E-state index contributed by atoms with van der Waals surface area (Å²) in [7, 11) is 0. The van der Waals surface area contributed by atoms with Gasteiger partial charge in [0.05, 0.1) is 11.9 Å². The highest BCUT2D eigenvalue weighted by Gasteiger charge is 2.03. The van der Waals surface area contributed by atoms with Gasteiger partial charge in [-0.25, -0.2) is 14.4 Å². The van der Waals surface area contributed by atoms with Crippen LogP contribution in [-0.4, -0.2) is 9.97 Å². The van der Waals surface area contributed by atoms with Crippen molar-refractivity contribution in [2.75, 3.05) is 11.1 Å². The van der Waals surface area contributed by atoms with Crippen molar-refractivity contribution in [3.63, 3.8) is 0 Å². The molecule has 4 nitrogen and oxygen atoms in total. The molecule has 0 saturated heterocycles. The molecule has 1 heterocycles. The fraction of sp³-hybridized carbons (Fsp3) is 0. The second-order valence-electron chi connectivity index (χ2n) is 3.11. The van der Waals surface area contributed by atoms with Gasteiger partial charge in [-0.05, 0) is 18.2 Å². The van der Waals surface area contributed by atoms with E-state index in [0.29, 0.717) is 22.2 Å². The molecule has 2 rings (SSSR count). The Labute approximate surface area is 96.3 Å². The monoisotopic (exact) mass is 238 g/mol. The van der Waals surface area contributed by atoms with Gasteiger partial charge in [0, 0.05) is 10.7 Å². The molecule has 16 heavy (non-hydrogen) atoms. The van der Waals surface area contributed by atoms with Crippen LogP contribution in [0.1, 0.15) is 0 Å². The van der Waals surface area contributed by atoms with Crippen molar-refractivity contribution in [1.82, 2.24) is 9.97 Å². The Morgan fingerprint density at radius 3 is 2.81 bits per heavy atom. The van der Waals surface area contributed by atoms with E-state index in [4.69, 9.17) is 17.3 Å². The first kappa shape index (κ1) is 10.6. The SMILES string of the molecule is Nc1cncnc1Nc1cc(F)cc(Cl)c1. The normalized spacial score (nSPS) is 10.1. The number of rotatable bonds is 2. The molecular formula is C10H8ClFN4. The fourth-order valence-corrected chi connectivity index (χ4v) is 1.43. The molecule has 0 atom stereocenters. The van der Waals surface area contributed by atoms with Crippen molar-refractivity contribution >= 4 is 28.8 Å². The van der Waals surface area contributed by atoms with Crippen LogP contribution >= 0.6 is 11.6 Å². The molecular weight excluding hydrogens is 231 g/mol. The molecule has 1 aromatic carbocycles. The Morgan fingerprint density at radius 1 is 1.31 bits per heavy atom. The molecule has 0 spiro atoms. The average Bonchev–Trinajstić information content (AvgIpc) is 2.20. The zero-order valence-electron chi connectivity index (χ0n) is 8.11. The van der Waals surface area contributed by atoms with Crippen LogP contribution < -0.4 is 11.1 Å². The zero-order chi connectivity index (χ0) is 11.5. The quantitative estimate of drug-likeness (QED) is 0.844. The number of hydrogen-bond acceptors (Lipinski definition) is 4. The molecule has 0 aliphatic carbocycles. The lowest BCUT2D eigenvalue weighted by Crippen LogP contribution is -1.99. The lowest BCUT2D eigenvalue weighted by atomic mass is 10.3. The van der Waals surface area contributed by atoms with Gasteiger partial charge < -0.3 is 11.1 Å². The van der Waals surface area contributed by atoms with Crippen molar-refractivity contribution in [2.24, 2.45) is 0 Å². The first-order valence-electron chi connectivity index (χ1n) is 4.44. The number of nitrogens with one attached hydrogen (secondary N) is 1. The topological polar surface area (TPSA) is 63.8 Å². The Hall–Kier alpha value is -1.88. The maximum atomic E-state index is 13.0. The van der Waals surface area contributed by atoms with E-state index in [0.717, 1.165) is 0 Å². The van der Waals surface area contributed by atoms with Crippen LogP contribution in [-0.2, 0) is 0 Å². The largest absolute Gasteiger partial charge is 0.394 e. The zero-order valence-corrected chi connectivity index (χ0v) is 8.87. The van der Waals surface area contributed by atoms with Gasteiger partial charge in [-0.2, -0.15) is 0 Å². The molecule has 0 aliphatic rings. The average molecular weight is 239 g/mol. The minimum Gasteiger partial charge on any atom is -0.394 e. The Kier molecular flexibility index (Phi) is 2.87. The van der Waals surface area contributed by atoms with Crippen molar-refractivity contribution in [1.29, 1.82) is 0 Å². The summed E-state index contributed by atoms with van der Waals surface area (Å²) in [5, 5.41) is 3.15. The number of anilines is 3. The van der Waals surface area contributed by atoms with Gasteiger partial charge in [0.1, 0.15) is 12.1 Å². The number of halogens is 2. The van der Waals surface area contributed by atoms with Crippen LogP contribution in [0.3, 0.4) is 0 Å². The smallest absolute Gasteiger partial charge is 0.157 e. The van der Waals surface area contributed by atoms with Gasteiger partial charge in [-0.15, -0.1) is 0 Å².